The number of benzene rings is 2. The van der Waals surface area contributed by atoms with Gasteiger partial charge in [0.25, 0.3) is 0 Å². The summed E-state index contributed by atoms with van der Waals surface area (Å²) in [4.78, 5) is 30.4. The number of halogens is 2. The van der Waals surface area contributed by atoms with Crippen LogP contribution in [0, 0.1) is 0 Å². The van der Waals surface area contributed by atoms with E-state index in [0.29, 0.717) is 12.8 Å². The van der Waals surface area contributed by atoms with Gasteiger partial charge in [-0.25, -0.2) is 10.9 Å². The first-order chi connectivity index (χ1) is 17.5. The van der Waals surface area contributed by atoms with Crippen LogP contribution < -0.4 is 10.9 Å². The molecule has 8 nitrogen and oxygen atoms in total. The summed E-state index contributed by atoms with van der Waals surface area (Å²) in [6.07, 6.45) is 11.0. The Hall–Kier alpha value is -3.24. The predicted molar refractivity (Wildman–Crippen MR) is 151 cm³/mol. The lowest BCUT2D eigenvalue weighted by atomic mass is 10.1. The monoisotopic (exact) mass is 612 g/mol. The fourth-order valence-electron chi connectivity index (χ4n) is 3.83. The van der Waals surface area contributed by atoms with Crippen molar-refractivity contribution < 1.29 is 9.59 Å². The van der Waals surface area contributed by atoms with E-state index in [1.54, 1.807) is 12.4 Å². The first-order valence-corrected chi connectivity index (χ1v) is 13.3. The minimum absolute atomic E-state index is 0.122. The Morgan fingerprint density at radius 3 is 1.61 bits per heavy atom. The molecular formula is C26H26Br2N6O2. The molecule has 36 heavy (non-hydrogen) atoms. The van der Waals surface area contributed by atoms with E-state index in [9.17, 15) is 9.59 Å². The molecule has 2 heterocycles. The number of carbonyl (C=O) groups is 2. The highest BCUT2D eigenvalue weighted by atomic mass is 79.9. The lowest BCUT2D eigenvalue weighted by molar-refractivity contribution is -0.122. The Morgan fingerprint density at radius 1 is 0.722 bits per heavy atom. The van der Waals surface area contributed by atoms with E-state index in [2.05, 4.69) is 62.9 Å². The number of fused-ring (bicyclic) bond motifs is 2. The molecular weight excluding hydrogens is 588 g/mol. The molecule has 0 saturated carbocycles. The highest BCUT2D eigenvalue weighted by molar-refractivity contribution is 9.10. The molecule has 4 aromatic rings. The van der Waals surface area contributed by atoms with Crippen LogP contribution in [-0.4, -0.2) is 34.2 Å². The SMILES string of the molecule is O=C(CCCCCCC(=O)N/N=C/c1c[nH]c2ccc(Br)cc12)N/N=C/c1c[nH]c2ccc(Br)cc12. The van der Waals surface area contributed by atoms with Crippen LogP contribution in [0.2, 0.25) is 0 Å². The molecule has 0 radical (unpaired) electrons. The van der Waals surface area contributed by atoms with Gasteiger partial charge in [-0.05, 0) is 49.2 Å². The second kappa shape index (κ2) is 12.6. The highest BCUT2D eigenvalue weighted by Gasteiger charge is 2.05. The fraction of sp³-hybridized carbons (Fsp3) is 0.231. The average Bonchev–Trinajstić information content (AvgIpc) is 3.44. The van der Waals surface area contributed by atoms with Gasteiger partial charge in [0.1, 0.15) is 0 Å². The van der Waals surface area contributed by atoms with Gasteiger partial charge in [-0.2, -0.15) is 10.2 Å². The Morgan fingerprint density at radius 2 is 1.17 bits per heavy atom. The average molecular weight is 614 g/mol. The summed E-state index contributed by atoms with van der Waals surface area (Å²) in [7, 11) is 0. The summed E-state index contributed by atoms with van der Waals surface area (Å²) in [5.41, 5.74) is 8.99. The van der Waals surface area contributed by atoms with Crippen LogP contribution >= 0.6 is 31.9 Å². The topological polar surface area (TPSA) is 114 Å². The molecule has 4 rings (SSSR count). The van der Waals surface area contributed by atoms with Crippen LogP contribution in [0.4, 0.5) is 0 Å². The molecule has 0 spiro atoms. The van der Waals surface area contributed by atoms with E-state index in [-0.39, 0.29) is 11.8 Å². The number of unbranched alkanes of at least 4 members (excludes halogenated alkanes) is 3. The molecule has 0 bridgehead atoms. The number of hydrogen-bond acceptors (Lipinski definition) is 4. The van der Waals surface area contributed by atoms with E-state index in [0.717, 1.165) is 67.6 Å². The van der Waals surface area contributed by atoms with Crippen molar-refractivity contribution >= 4 is 77.9 Å². The van der Waals surface area contributed by atoms with E-state index >= 15 is 0 Å². The maximum Gasteiger partial charge on any atom is 0.240 e. The standard InChI is InChI=1S/C26H26Br2N6O2/c27-19-7-9-23-21(11-19)17(13-29-23)15-31-33-25(35)5-3-1-2-4-6-26(36)34-32-16-18-14-30-24-10-8-20(28)12-22(18)24/h7-16,29-30H,1-6H2,(H,33,35)(H,34,36)/b31-15+,32-16+. The molecule has 0 unspecified atom stereocenters. The van der Waals surface area contributed by atoms with Gasteiger partial charge in [0.15, 0.2) is 0 Å². The van der Waals surface area contributed by atoms with Gasteiger partial charge >= 0.3 is 0 Å². The number of hydrogen-bond donors (Lipinski definition) is 4. The first kappa shape index (κ1) is 25.8. The molecule has 0 saturated heterocycles. The Bertz CT molecular complexity index is 1310. The van der Waals surface area contributed by atoms with E-state index in [1.165, 1.54) is 0 Å². The largest absolute Gasteiger partial charge is 0.361 e. The van der Waals surface area contributed by atoms with Crippen molar-refractivity contribution in [1.29, 1.82) is 0 Å². The third kappa shape index (κ3) is 7.14. The van der Waals surface area contributed by atoms with Crippen LogP contribution in [0.1, 0.15) is 49.7 Å². The quantitative estimate of drug-likeness (QED) is 0.0928. The van der Waals surface area contributed by atoms with E-state index in [1.807, 2.05) is 48.8 Å². The molecule has 2 aromatic carbocycles. The maximum absolute atomic E-state index is 12.0. The van der Waals surface area contributed by atoms with Gasteiger partial charge in [-0.15, -0.1) is 0 Å². The van der Waals surface area contributed by atoms with E-state index < -0.39 is 0 Å². The number of H-pyrrole nitrogens is 2. The van der Waals surface area contributed by atoms with Crippen molar-refractivity contribution in [2.45, 2.75) is 38.5 Å². The molecule has 0 fully saturated rings. The van der Waals surface area contributed by atoms with Crippen molar-refractivity contribution in [1.82, 2.24) is 20.8 Å². The summed E-state index contributed by atoms with van der Waals surface area (Å²) in [5.74, 6) is -0.243. The molecule has 4 N–H and O–H groups in total. The Labute approximate surface area is 225 Å². The summed E-state index contributed by atoms with van der Waals surface area (Å²) in [6, 6.07) is 11.9. The lowest BCUT2D eigenvalue weighted by Gasteiger charge is -2.02. The number of aromatic amines is 2. The van der Waals surface area contributed by atoms with Gasteiger partial charge < -0.3 is 9.97 Å². The minimum Gasteiger partial charge on any atom is -0.361 e. The number of carbonyl (C=O) groups excluding carboxylic acids is 2. The molecule has 0 aliphatic carbocycles. The first-order valence-electron chi connectivity index (χ1n) is 11.7. The van der Waals surface area contributed by atoms with Crippen LogP contribution in [0.3, 0.4) is 0 Å². The molecule has 0 aliphatic rings. The number of nitrogens with zero attached hydrogens (tertiary/aromatic N) is 2. The van der Waals surface area contributed by atoms with Crippen LogP contribution in [0.25, 0.3) is 21.8 Å². The van der Waals surface area contributed by atoms with Crippen LogP contribution in [-0.2, 0) is 9.59 Å². The molecule has 0 aliphatic heterocycles. The maximum atomic E-state index is 12.0. The Kier molecular flexibility index (Phi) is 9.07. The smallest absolute Gasteiger partial charge is 0.240 e. The Balaban J connectivity index is 1.08. The summed E-state index contributed by atoms with van der Waals surface area (Å²) in [6.45, 7) is 0. The minimum atomic E-state index is -0.122. The van der Waals surface area contributed by atoms with Gasteiger partial charge in [0.05, 0.1) is 12.4 Å². The van der Waals surface area contributed by atoms with Crippen LogP contribution in [0.15, 0.2) is 67.9 Å². The number of aromatic nitrogens is 2. The zero-order valence-corrected chi connectivity index (χ0v) is 22.7. The molecule has 2 amide bonds. The number of amides is 2. The molecule has 186 valence electrons. The molecule has 10 heteroatoms. The normalized spacial score (nSPS) is 11.7. The van der Waals surface area contributed by atoms with Gasteiger partial charge in [-0.3, -0.25) is 9.59 Å². The highest BCUT2D eigenvalue weighted by Crippen LogP contribution is 2.22. The third-order valence-electron chi connectivity index (χ3n) is 5.70. The molecule has 0 atom stereocenters. The van der Waals surface area contributed by atoms with E-state index in [4.69, 9.17) is 0 Å². The van der Waals surface area contributed by atoms with Crippen molar-refractivity contribution in [2.75, 3.05) is 0 Å². The summed E-state index contributed by atoms with van der Waals surface area (Å²) < 4.78 is 1.97. The second-order valence-electron chi connectivity index (χ2n) is 8.37. The number of rotatable bonds is 11. The second-order valence-corrected chi connectivity index (χ2v) is 10.2. The van der Waals surface area contributed by atoms with Crippen molar-refractivity contribution in [3.05, 3.63) is 68.9 Å². The van der Waals surface area contributed by atoms with Gasteiger partial charge in [0.2, 0.25) is 11.8 Å². The zero-order chi connectivity index (χ0) is 25.3. The summed E-state index contributed by atoms with van der Waals surface area (Å²) >= 11 is 6.93. The number of nitrogens with one attached hydrogen (secondary N) is 4. The summed E-state index contributed by atoms with van der Waals surface area (Å²) in [5, 5.41) is 10.2. The van der Waals surface area contributed by atoms with Gasteiger partial charge in [-0.1, -0.05) is 44.7 Å². The fourth-order valence-corrected chi connectivity index (χ4v) is 4.55. The van der Waals surface area contributed by atoms with Crippen molar-refractivity contribution in [3.8, 4) is 0 Å². The molecule has 2 aromatic heterocycles. The van der Waals surface area contributed by atoms with Gasteiger partial charge in [0, 0.05) is 67.1 Å². The number of hydrazone groups is 2. The zero-order valence-electron chi connectivity index (χ0n) is 19.5. The lowest BCUT2D eigenvalue weighted by Crippen LogP contribution is -2.17. The third-order valence-corrected chi connectivity index (χ3v) is 6.68. The van der Waals surface area contributed by atoms with Crippen molar-refractivity contribution in [2.24, 2.45) is 10.2 Å². The van der Waals surface area contributed by atoms with Crippen molar-refractivity contribution in [3.63, 3.8) is 0 Å². The predicted octanol–water partition coefficient (Wildman–Crippen LogP) is 6.12. The van der Waals surface area contributed by atoms with Crippen LogP contribution in [0.5, 0.6) is 0 Å².